The number of rotatable bonds is 3. The number of thiazole rings is 1. The molecule has 0 saturated heterocycles. The molecule has 0 radical (unpaired) electrons. The van der Waals surface area contributed by atoms with Crippen molar-refractivity contribution in [3.63, 3.8) is 0 Å². The van der Waals surface area contributed by atoms with E-state index in [4.69, 9.17) is 4.42 Å². The highest BCUT2D eigenvalue weighted by Gasteiger charge is 2.21. The van der Waals surface area contributed by atoms with Crippen molar-refractivity contribution >= 4 is 28.9 Å². The Morgan fingerprint density at radius 2 is 2.45 bits per heavy atom. The number of hydrogen-bond acceptors (Lipinski definition) is 6. The third-order valence-corrected chi connectivity index (χ3v) is 4.77. The predicted octanol–water partition coefficient (Wildman–Crippen LogP) is 3.83. The van der Waals surface area contributed by atoms with E-state index in [9.17, 15) is 15.4 Å². The number of allylic oxidation sites excluding steroid dienone is 1. The fourth-order valence-corrected chi connectivity index (χ4v) is 3.69. The maximum Gasteiger partial charge on any atom is 0.433 e. The molecule has 0 aromatic carbocycles. The Hall–Kier alpha value is -2.46. The molecule has 1 aliphatic carbocycles. The van der Waals surface area contributed by atoms with Crippen LogP contribution in [0.5, 0.6) is 0 Å². The van der Waals surface area contributed by atoms with Crippen LogP contribution >= 0.6 is 11.3 Å². The van der Waals surface area contributed by atoms with Gasteiger partial charge in [0.15, 0.2) is 0 Å². The average molecular weight is 315 g/mol. The van der Waals surface area contributed by atoms with Gasteiger partial charge in [0.2, 0.25) is 0 Å². The van der Waals surface area contributed by atoms with E-state index < -0.39 is 4.92 Å². The lowest BCUT2D eigenvalue weighted by molar-refractivity contribution is -0.402. The largest absolute Gasteiger partial charge is 0.433 e. The normalized spacial score (nSPS) is 17.8. The van der Waals surface area contributed by atoms with E-state index in [0.717, 1.165) is 25.0 Å². The summed E-state index contributed by atoms with van der Waals surface area (Å²) in [6, 6.07) is 4.86. The fraction of sp³-hybridized carbons (Fsp3) is 0.333. The monoisotopic (exact) mass is 315 g/mol. The van der Waals surface area contributed by atoms with Crippen LogP contribution in [0.3, 0.4) is 0 Å². The second kappa shape index (κ2) is 5.73. The number of nitriles is 1. The van der Waals surface area contributed by atoms with Crippen molar-refractivity contribution in [2.24, 2.45) is 5.92 Å². The summed E-state index contributed by atoms with van der Waals surface area (Å²) in [5, 5.41) is 20.6. The van der Waals surface area contributed by atoms with Gasteiger partial charge >= 0.3 is 5.88 Å². The molecular formula is C15H13N3O3S. The minimum absolute atomic E-state index is 0.282. The number of aromatic nitrogens is 1. The third-order valence-electron chi connectivity index (χ3n) is 3.62. The molecule has 0 fully saturated rings. The molecule has 2 aromatic heterocycles. The summed E-state index contributed by atoms with van der Waals surface area (Å²) in [7, 11) is 0. The standard InChI is InChI=1S/C15H13N3O3S/c1-9-2-4-12-13(6-9)22-15(17-12)10(8-16)7-11-3-5-14(21-11)18(19)20/h3,5,7,9H,2,4,6H2,1H3. The van der Waals surface area contributed by atoms with Crippen LogP contribution in [0.2, 0.25) is 0 Å². The van der Waals surface area contributed by atoms with Crippen LogP contribution in [0.25, 0.3) is 11.6 Å². The Kier molecular flexibility index (Phi) is 3.77. The van der Waals surface area contributed by atoms with Gasteiger partial charge in [-0.3, -0.25) is 10.1 Å². The summed E-state index contributed by atoms with van der Waals surface area (Å²) in [4.78, 5) is 15.8. The third kappa shape index (κ3) is 2.78. The molecule has 1 unspecified atom stereocenters. The molecule has 112 valence electrons. The summed E-state index contributed by atoms with van der Waals surface area (Å²) in [5.41, 5.74) is 1.45. The second-order valence-corrected chi connectivity index (χ2v) is 6.42. The van der Waals surface area contributed by atoms with Crippen LogP contribution in [0.15, 0.2) is 16.5 Å². The summed E-state index contributed by atoms with van der Waals surface area (Å²) in [5.74, 6) is 0.587. The Morgan fingerprint density at radius 1 is 1.64 bits per heavy atom. The highest BCUT2D eigenvalue weighted by Crippen LogP contribution is 2.33. The van der Waals surface area contributed by atoms with Gasteiger partial charge in [0.1, 0.15) is 21.8 Å². The zero-order valence-electron chi connectivity index (χ0n) is 11.9. The van der Waals surface area contributed by atoms with Gasteiger partial charge in [-0.15, -0.1) is 11.3 Å². The summed E-state index contributed by atoms with van der Waals surface area (Å²) < 4.78 is 5.07. The number of nitrogens with zero attached hydrogens (tertiary/aromatic N) is 3. The Morgan fingerprint density at radius 3 is 3.14 bits per heavy atom. The molecule has 7 heteroatoms. The quantitative estimate of drug-likeness (QED) is 0.487. The van der Waals surface area contributed by atoms with Crippen LogP contribution < -0.4 is 0 Å². The molecular weight excluding hydrogens is 302 g/mol. The first kappa shape index (κ1) is 14.5. The Balaban J connectivity index is 1.92. The van der Waals surface area contributed by atoms with Gasteiger partial charge in [0.25, 0.3) is 0 Å². The van der Waals surface area contributed by atoms with Gasteiger partial charge in [0.05, 0.1) is 17.3 Å². The second-order valence-electron chi connectivity index (χ2n) is 5.34. The van der Waals surface area contributed by atoms with Gasteiger partial charge in [-0.2, -0.15) is 5.26 Å². The van der Waals surface area contributed by atoms with Crippen molar-refractivity contribution in [1.29, 1.82) is 5.26 Å². The zero-order valence-corrected chi connectivity index (χ0v) is 12.7. The maximum atomic E-state index is 10.6. The van der Waals surface area contributed by atoms with Crippen molar-refractivity contribution in [2.45, 2.75) is 26.2 Å². The molecule has 0 bridgehead atoms. The lowest BCUT2D eigenvalue weighted by Gasteiger charge is -2.15. The van der Waals surface area contributed by atoms with Gasteiger partial charge in [-0.25, -0.2) is 4.98 Å². The molecule has 0 N–H and O–H groups in total. The molecule has 0 spiro atoms. The zero-order chi connectivity index (χ0) is 15.7. The number of fused-ring (bicyclic) bond motifs is 1. The van der Waals surface area contributed by atoms with Gasteiger partial charge in [-0.1, -0.05) is 6.92 Å². The smallest absolute Gasteiger partial charge is 0.401 e. The van der Waals surface area contributed by atoms with Crippen LogP contribution in [-0.2, 0) is 12.8 Å². The van der Waals surface area contributed by atoms with Crippen LogP contribution in [0, 0.1) is 27.4 Å². The topological polar surface area (TPSA) is 93.0 Å². The Labute approximate surface area is 130 Å². The first-order valence-corrected chi connectivity index (χ1v) is 7.73. The van der Waals surface area contributed by atoms with Crippen molar-refractivity contribution in [3.8, 4) is 6.07 Å². The summed E-state index contributed by atoms with van der Waals surface area (Å²) >= 11 is 1.53. The number of nitro groups is 1. The molecule has 1 atom stereocenters. The minimum Gasteiger partial charge on any atom is -0.401 e. The van der Waals surface area contributed by atoms with Crippen molar-refractivity contribution in [3.05, 3.63) is 43.6 Å². The molecule has 22 heavy (non-hydrogen) atoms. The molecule has 2 heterocycles. The first-order chi connectivity index (χ1) is 10.6. The van der Waals surface area contributed by atoms with Crippen molar-refractivity contribution in [2.75, 3.05) is 0 Å². The highest BCUT2D eigenvalue weighted by atomic mass is 32.1. The average Bonchev–Trinajstić information content (AvgIpc) is 3.10. The van der Waals surface area contributed by atoms with E-state index in [1.807, 2.05) is 0 Å². The number of furan rings is 1. The van der Waals surface area contributed by atoms with E-state index >= 15 is 0 Å². The van der Waals surface area contributed by atoms with E-state index in [2.05, 4.69) is 18.0 Å². The van der Waals surface area contributed by atoms with Gasteiger partial charge in [0, 0.05) is 11.0 Å². The number of aryl methyl sites for hydroxylation is 1. The molecule has 0 aliphatic heterocycles. The minimum atomic E-state index is -0.604. The molecule has 3 rings (SSSR count). The van der Waals surface area contributed by atoms with Gasteiger partial charge in [-0.05, 0) is 31.2 Å². The van der Waals surface area contributed by atoms with E-state index in [0.29, 0.717) is 16.5 Å². The predicted molar refractivity (Wildman–Crippen MR) is 82.1 cm³/mol. The molecule has 0 saturated carbocycles. The van der Waals surface area contributed by atoms with E-state index in [1.54, 1.807) is 0 Å². The number of hydrogen-bond donors (Lipinski definition) is 0. The lowest BCUT2D eigenvalue weighted by Crippen LogP contribution is -2.09. The van der Waals surface area contributed by atoms with Crippen LogP contribution in [0.1, 0.15) is 34.7 Å². The molecule has 2 aromatic rings. The fourth-order valence-electron chi connectivity index (χ4n) is 2.46. The Bertz CT molecular complexity index is 797. The molecule has 6 nitrogen and oxygen atoms in total. The van der Waals surface area contributed by atoms with Crippen molar-refractivity contribution in [1.82, 2.24) is 4.98 Å². The summed E-state index contributed by atoms with van der Waals surface area (Å²) in [6.45, 7) is 2.21. The van der Waals surface area contributed by atoms with E-state index in [1.165, 1.54) is 34.4 Å². The van der Waals surface area contributed by atoms with Crippen LogP contribution in [0.4, 0.5) is 5.88 Å². The van der Waals surface area contributed by atoms with Crippen LogP contribution in [-0.4, -0.2) is 9.91 Å². The SMILES string of the molecule is CC1CCc2nc(C(C#N)=Cc3ccc([N+](=O)[O-])o3)sc2C1. The lowest BCUT2D eigenvalue weighted by atomic mass is 9.93. The highest BCUT2D eigenvalue weighted by molar-refractivity contribution is 7.13. The first-order valence-electron chi connectivity index (χ1n) is 6.92. The van der Waals surface area contributed by atoms with Gasteiger partial charge < -0.3 is 4.42 Å². The molecule has 1 aliphatic rings. The molecule has 0 amide bonds. The van der Waals surface area contributed by atoms with Crippen molar-refractivity contribution < 1.29 is 9.34 Å². The maximum absolute atomic E-state index is 10.6. The summed E-state index contributed by atoms with van der Waals surface area (Å²) in [6.07, 6.45) is 4.56. The van der Waals surface area contributed by atoms with E-state index in [-0.39, 0.29) is 11.6 Å².